The lowest BCUT2D eigenvalue weighted by atomic mass is 10.1. The number of benzene rings is 3. The quantitative estimate of drug-likeness (QED) is 0.301. The summed E-state index contributed by atoms with van der Waals surface area (Å²) in [4.78, 5) is 24.3. The molecule has 3 aromatic carbocycles. The first-order valence-electron chi connectivity index (χ1n) is 11.8. The maximum atomic E-state index is 13.0. The molecule has 0 aliphatic heterocycles. The van der Waals surface area contributed by atoms with Crippen molar-refractivity contribution < 1.29 is 18.0 Å². The summed E-state index contributed by atoms with van der Waals surface area (Å²) in [7, 11) is 0. The topological polar surface area (TPSA) is 58.1 Å². The SMILES string of the molecule is CCCN(CCC(=O)NCc1cccc(C(F)(F)F)c1)c1nc(-c2ccccc2)nc2ccccc12. The summed E-state index contributed by atoms with van der Waals surface area (Å²) in [5, 5.41) is 3.63. The van der Waals surface area contributed by atoms with Crippen LogP contribution in [0.15, 0.2) is 78.9 Å². The van der Waals surface area contributed by atoms with Gasteiger partial charge in [-0.1, -0.05) is 61.5 Å². The van der Waals surface area contributed by atoms with Crippen molar-refractivity contribution >= 4 is 22.6 Å². The average Bonchev–Trinajstić information content (AvgIpc) is 2.89. The van der Waals surface area contributed by atoms with Gasteiger partial charge in [0.25, 0.3) is 0 Å². The van der Waals surface area contributed by atoms with Gasteiger partial charge in [0.15, 0.2) is 5.82 Å². The van der Waals surface area contributed by atoms with Gasteiger partial charge < -0.3 is 10.2 Å². The summed E-state index contributed by atoms with van der Waals surface area (Å²) in [6, 6.07) is 22.5. The zero-order valence-corrected chi connectivity index (χ0v) is 19.9. The van der Waals surface area contributed by atoms with Crippen LogP contribution in [0.1, 0.15) is 30.9 Å². The van der Waals surface area contributed by atoms with Crippen LogP contribution in [-0.2, 0) is 17.5 Å². The van der Waals surface area contributed by atoms with Gasteiger partial charge in [0, 0.05) is 37.0 Å². The van der Waals surface area contributed by atoms with Crippen LogP contribution in [0.2, 0.25) is 0 Å². The molecule has 1 heterocycles. The second-order valence-electron chi connectivity index (χ2n) is 8.47. The van der Waals surface area contributed by atoms with E-state index in [9.17, 15) is 18.0 Å². The molecule has 36 heavy (non-hydrogen) atoms. The molecule has 4 rings (SSSR count). The van der Waals surface area contributed by atoms with E-state index in [4.69, 9.17) is 9.97 Å². The molecule has 0 atom stereocenters. The molecule has 0 aliphatic rings. The molecule has 0 spiro atoms. The van der Waals surface area contributed by atoms with Gasteiger partial charge in [-0.15, -0.1) is 0 Å². The molecule has 0 aliphatic carbocycles. The molecule has 0 bridgehead atoms. The normalized spacial score (nSPS) is 11.4. The van der Waals surface area contributed by atoms with Crippen molar-refractivity contribution in [3.63, 3.8) is 0 Å². The average molecular weight is 493 g/mol. The summed E-state index contributed by atoms with van der Waals surface area (Å²) in [6.45, 7) is 3.20. The number of nitrogens with zero attached hydrogens (tertiary/aromatic N) is 3. The molecule has 1 N–H and O–H groups in total. The first kappa shape index (κ1) is 25.2. The predicted octanol–water partition coefficient (Wildman–Crippen LogP) is 6.24. The van der Waals surface area contributed by atoms with Gasteiger partial charge in [-0.05, 0) is 36.2 Å². The Morgan fingerprint density at radius 2 is 1.67 bits per heavy atom. The Labute approximate surface area is 208 Å². The molecular weight excluding hydrogens is 465 g/mol. The smallest absolute Gasteiger partial charge is 0.355 e. The van der Waals surface area contributed by atoms with E-state index < -0.39 is 11.7 Å². The molecule has 0 fully saturated rings. The molecule has 0 saturated carbocycles. The second-order valence-corrected chi connectivity index (χ2v) is 8.47. The van der Waals surface area contributed by atoms with Crippen LogP contribution in [0.3, 0.4) is 0 Å². The van der Waals surface area contributed by atoms with Gasteiger partial charge in [-0.2, -0.15) is 13.2 Å². The number of carbonyl (C=O) groups is 1. The number of hydrogen-bond donors (Lipinski definition) is 1. The number of nitrogens with one attached hydrogen (secondary N) is 1. The number of alkyl halides is 3. The van der Waals surface area contributed by atoms with Gasteiger partial charge in [0.05, 0.1) is 11.1 Å². The number of fused-ring (bicyclic) bond motifs is 1. The van der Waals surface area contributed by atoms with E-state index in [2.05, 4.69) is 17.1 Å². The molecule has 0 unspecified atom stereocenters. The third-order valence-electron chi connectivity index (χ3n) is 5.76. The lowest BCUT2D eigenvalue weighted by Crippen LogP contribution is -2.32. The number of halogens is 3. The maximum absolute atomic E-state index is 13.0. The lowest BCUT2D eigenvalue weighted by molar-refractivity contribution is -0.137. The summed E-state index contributed by atoms with van der Waals surface area (Å²) in [6.07, 6.45) is -3.39. The molecule has 1 aromatic heterocycles. The van der Waals surface area contributed by atoms with Crippen molar-refractivity contribution in [2.45, 2.75) is 32.5 Å². The van der Waals surface area contributed by atoms with Crippen molar-refractivity contribution in [1.82, 2.24) is 15.3 Å². The maximum Gasteiger partial charge on any atom is 0.416 e. The Morgan fingerprint density at radius 1 is 0.917 bits per heavy atom. The summed E-state index contributed by atoms with van der Waals surface area (Å²) in [5.74, 6) is 1.13. The van der Waals surface area contributed by atoms with E-state index in [-0.39, 0.29) is 18.9 Å². The molecular formula is C28H27F3N4O. The van der Waals surface area contributed by atoms with Gasteiger partial charge in [0.1, 0.15) is 5.82 Å². The number of para-hydroxylation sites is 1. The fraction of sp³-hybridized carbons (Fsp3) is 0.250. The van der Waals surface area contributed by atoms with Crippen molar-refractivity contribution in [3.8, 4) is 11.4 Å². The molecule has 8 heteroatoms. The Kier molecular flexibility index (Phi) is 7.83. The molecule has 0 radical (unpaired) electrons. The van der Waals surface area contributed by atoms with Gasteiger partial charge >= 0.3 is 6.18 Å². The van der Waals surface area contributed by atoms with Gasteiger partial charge in [-0.3, -0.25) is 4.79 Å². The highest BCUT2D eigenvalue weighted by Gasteiger charge is 2.30. The Morgan fingerprint density at radius 3 is 2.42 bits per heavy atom. The fourth-order valence-electron chi connectivity index (χ4n) is 3.99. The number of carbonyl (C=O) groups excluding carboxylic acids is 1. The number of hydrogen-bond acceptors (Lipinski definition) is 4. The standard InChI is InChI=1S/C28H27F3N4O/c1-2-16-35(17-15-25(36)32-19-20-9-8-12-22(18-20)28(29,30)31)27-23-13-6-7-14-24(23)33-26(34-27)21-10-4-3-5-11-21/h3-14,18H,2,15-17,19H2,1H3,(H,32,36). The zero-order chi connectivity index (χ0) is 25.5. The number of anilines is 1. The van der Waals surface area contributed by atoms with E-state index in [1.54, 1.807) is 6.07 Å². The highest BCUT2D eigenvalue weighted by Crippen LogP contribution is 2.30. The van der Waals surface area contributed by atoms with E-state index in [1.165, 1.54) is 6.07 Å². The van der Waals surface area contributed by atoms with Crippen molar-refractivity contribution in [3.05, 3.63) is 90.0 Å². The fourth-order valence-corrected chi connectivity index (χ4v) is 3.99. The molecule has 0 saturated heterocycles. The van der Waals surface area contributed by atoms with Crippen LogP contribution in [0, 0.1) is 0 Å². The number of rotatable bonds is 9. The van der Waals surface area contributed by atoms with Crippen LogP contribution in [0.25, 0.3) is 22.3 Å². The van der Waals surface area contributed by atoms with E-state index in [1.807, 2.05) is 54.6 Å². The zero-order valence-electron chi connectivity index (χ0n) is 19.9. The van der Waals surface area contributed by atoms with Crippen molar-refractivity contribution in [2.75, 3.05) is 18.0 Å². The Bertz CT molecular complexity index is 1330. The first-order chi connectivity index (χ1) is 17.3. The summed E-state index contributed by atoms with van der Waals surface area (Å²) < 4.78 is 38.9. The highest BCUT2D eigenvalue weighted by molar-refractivity contribution is 5.91. The predicted molar refractivity (Wildman–Crippen MR) is 135 cm³/mol. The minimum Gasteiger partial charge on any atom is -0.355 e. The van der Waals surface area contributed by atoms with Crippen LogP contribution in [0.4, 0.5) is 19.0 Å². The van der Waals surface area contributed by atoms with Crippen molar-refractivity contribution in [2.24, 2.45) is 0 Å². The van der Waals surface area contributed by atoms with Crippen LogP contribution < -0.4 is 10.2 Å². The molecule has 1 amide bonds. The molecule has 186 valence electrons. The first-order valence-corrected chi connectivity index (χ1v) is 11.8. The third-order valence-corrected chi connectivity index (χ3v) is 5.76. The highest BCUT2D eigenvalue weighted by atomic mass is 19.4. The summed E-state index contributed by atoms with van der Waals surface area (Å²) in [5.41, 5.74) is 1.39. The van der Waals surface area contributed by atoms with Gasteiger partial charge in [0.2, 0.25) is 5.91 Å². The largest absolute Gasteiger partial charge is 0.416 e. The molecule has 4 aromatic rings. The minimum absolute atomic E-state index is 0.0329. The van der Waals surface area contributed by atoms with Crippen LogP contribution in [-0.4, -0.2) is 29.0 Å². The van der Waals surface area contributed by atoms with Crippen molar-refractivity contribution in [1.29, 1.82) is 0 Å². The number of amides is 1. The van der Waals surface area contributed by atoms with Crippen LogP contribution >= 0.6 is 0 Å². The lowest BCUT2D eigenvalue weighted by Gasteiger charge is -2.25. The van der Waals surface area contributed by atoms with Gasteiger partial charge in [-0.25, -0.2) is 9.97 Å². The van der Waals surface area contributed by atoms with E-state index in [0.717, 1.165) is 40.8 Å². The van der Waals surface area contributed by atoms with Crippen LogP contribution in [0.5, 0.6) is 0 Å². The van der Waals surface area contributed by atoms with E-state index >= 15 is 0 Å². The number of aromatic nitrogens is 2. The molecule has 5 nitrogen and oxygen atoms in total. The monoisotopic (exact) mass is 492 g/mol. The Balaban J connectivity index is 1.50. The summed E-state index contributed by atoms with van der Waals surface area (Å²) >= 11 is 0. The minimum atomic E-state index is -4.42. The third kappa shape index (κ3) is 6.19. The second kappa shape index (κ2) is 11.2. The van der Waals surface area contributed by atoms with E-state index in [0.29, 0.717) is 24.5 Å². The Hall–Kier alpha value is -3.94.